The number of hydrogen-bond acceptors (Lipinski definition) is 14. The Balaban J connectivity index is 1.21. The normalized spacial score (nSPS) is 27.5. The van der Waals surface area contributed by atoms with Crippen LogP contribution in [0.1, 0.15) is 47.1 Å². The van der Waals surface area contributed by atoms with E-state index in [0.29, 0.717) is 35.1 Å². The van der Waals surface area contributed by atoms with Gasteiger partial charge in [-0.05, 0) is 30.5 Å². The minimum atomic E-state index is -2.17. The molecule has 4 aliphatic heterocycles. The van der Waals surface area contributed by atoms with Gasteiger partial charge in [0.2, 0.25) is 12.0 Å². The monoisotopic (exact) mass is 736 g/mol. The molecule has 1 saturated heterocycles. The zero-order chi connectivity index (χ0) is 37.3. The third-order valence-corrected chi connectivity index (χ3v) is 10.6. The Kier molecular flexibility index (Phi) is 8.67. The number of methoxy groups -OCH3 is 2. The van der Waals surface area contributed by atoms with E-state index < -0.39 is 66.9 Å². The van der Waals surface area contributed by atoms with Crippen molar-refractivity contribution < 1.29 is 63.2 Å². The number of esters is 1. The molecule has 0 aliphatic carbocycles. The number of aromatic amines is 1. The molecule has 17 nitrogen and oxygen atoms in total. The van der Waals surface area contributed by atoms with Crippen molar-refractivity contribution in [2.45, 2.75) is 80.3 Å². The molecule has 0 spiro atoms. The first kappa shape index (κ1) is 35.0. The third-order valence-electron chi connectivity index (χ3n) is 10.6. The molecule has 6 heterocycles. The number of ether oxygens (including phenoxy) is 7. The van der Waals surface area contributed by atoms with Gasteiger partial charge in [-0.3, -0.25) is 9.59 Å². The van der Waals surface area contributed by atoms with Gasteiger partial charge in [-0.1, -0.05) is 6.07 Å². The summed E-state index contributed by atoms with van der Waals surface area (Å²) in [6, 6.07) is 7.42. The molecule has 53 heavy (non-hydrogen) atoms. The molecule has 8 atom stereocenters. The molecule has 0 bridgehead atoms. The molecule has 4 aliphatic rings. The van der Waals surface area contributed by atoms with Crippen molar-refractivity contribution in [2.24, 2.45) is 11.5 Å². The lowest BCUT2D eigenvalue weighted by atomic mass is 9.80. The fourth-order valence-electron chi connectivity index (χ4n) is 8.07. The first-order valence-electron chi connectivity index (χ1n) is 17.1. The fourth-order valence-corrected chi connectivity index (χ4v) is 8.07. The molecule has 0 saturated carbocycles. The van der Waals surface area contributed by atoms with Crippen LogP contribution in [0, 0.1) is 0 Å². The molecule has 2 aromatic heterocycles. The number of nitrogens with two attached hydrogens (primary N) is 2. The van der Waals surface area contributed by atoms with E-state index in [0.717, 1.165) is 27.6 Å². The Morgan fingerprint density at radius 3 is 2.64 bits per heavy atom. The van der Waals surface area contributed by atoms with Crippen LogP contribution in [0.5, 0.6) is 28.7 Å². The number of carboxylic acids is 1. The summed E-state index contributed by atoms with van der Waals surface area (Å²) in [5, 5.41) is 44.7. The number of rotatable bonds is 9. The lowest BCUT2D eigenvalue weighted by molar-refractivity contribution is -0.329. The lowest BCUT2D eigenvalue weighted by Crippen LogP contribution is -2.71. The molecule has 4 aromatic rings. The van der Waals surface area contributed by atoms with E-state index in [1.807, 2.05) is 41.4 Å². The van der Waals surface area contributed by atoms with E-state index in [-0.39, 0.29) is 31.1 Å². The number of carboxylic acid groups (broad SMARTS) is 1. The summed E-state index contributed by atoms with van der Waals surface area (Å²) in [6.45, 7) is 0.602. The lowest BCUT2D eigenvalue weighted by Gasteiger charge is -2.48. The maximum atomic E-state index is 12.3. The number of hydrogen-bond donors (Lipinski definition) is 7. The molecule has 2 aromatic carbocycles. The second kappa shape index (κ2) is 13.1. The van der Waals surface area contributed by atoms with E-state index in [1.54, 1.807) is 20.3 Å². The summed E-state index contributed by atoms with van der Waals surface area (Å²) in [7, 11) is 3.11. The Hall–Kier alpha value is -5.04. The highest BCUT2D eigenvalue weighted by Gasteiger charge is 2.59. The number of carbonyl (C=O) groups is 2. The molecule has 8 unspecified atom stereocenters. The van der Waals surface area contributed by atoms with Gasteiger partial charge in [-0.15, -0.1) is 0 Å². The van der Waals surface area contributed by atoms with E-state index in [9.17, 15) is 24.9 Å². The fraction of sp³-hybridized carbons (Fsp3) is 0.444. The standard InChI is InChI=1S/C36H40N4O13/c1-47-21-4-3-17-19-14-49-23-9-22-16(18(12-40-11-15-6-8-39-20(15)13-40)26(23)28(19)52-29(17)30(21)48-2)5-7-36(46)33(45)27(44)31(53-35(36)50-22)32(34(37)38)51-25(43)10-24(41)42/h3-4,6,8-9,11,13,19,27-28,31-35,39,44-46H,5,7,10,12,14,37-38H2,1-2H3,(H,41,42). The van der Waals surface area contributed by atoms with Crippen molar-refractivity contribution in [1.29, 1.82) is 0 Å². The number of fused-ring (bicyclic) bond motifs is 8. The molecule has 1 fully saturated rings. The number of aliphatic hydroxyl groups is 3. The predicted octanol–water partition coefficient (Wildman–Crippen LogP) is 0.777. The largest absolute Gasteiger partial charge is 0.493 e. The SMILES string of the molecule is COc1ccc2c(c1OC)OC1c3c(cc4c(c3Cn3cc5cc[nH]c5c3)CCC3(O)C(O4)OC(C(OC(=O)CC(=O)O)C(N)N)C(O)C3O)OCC21. The van der Waals surface area contributed by atoms with Crippen LogP contribution in [0.4, 0.5) is 0 Å². The topological polar surface area (TPSA) is 252 Å². The maximum absolute atomic E-state index is 12.3. The van der Waals surface area contributed by atoms with E-state index in [4.69, 9.17) is 49.7 Å². The van der Waals surface area contributed by atoms with Gasteiger partial charge >= 0.3 is 11.9 Å². The maximum Gasteiger partial charge on any atom is 0.317 e. The molecule has 8 rings (SSSR count). The number of aliphatic hydroxyl groups excluding tert-OH is 2. The first-order valence-corrected chi connectivity index (χ1v) is 17.1. The first-order chi connectivity index (χ1) is 25.4. The Bertz CT molecular complexity index is 2050. The molecule has 0 amide bonds. The van der Waals surface area contributed by atoms with Crippen LogP contribution in [0.25, 0.3) is 10.9 Å². The third kappa shape index (κ3) is 5.71. The zero-order valence-corrected chi connectivity index (χ0v) is 28.8. The Morgan fingerprint density at radius 1 is 1.11 bits per heavy atom. The summed E-state index contributed by atoms with van der Waals surface area (Å²) in [4.78, 5) is 26.7. The van der Waals surface area contributed by atoms with Crippen LogP contribution in [-0.2, 0) is 32.0 Å². The van der Waals surface area contributed by atoms with Gasteiger partial charge < -0.3 is 74.6 Å². The molecule has 9 N–H and O–H groups in total. The number of aromatic nitrogens is 2. The van der Waals surface area contributed by atoms with Crippen molar-refractivity contribution >= 4 is 22.8 Å². The van der Waals surface area contributed by atoms with Crippen molar-refractivity contribution in [3.63, 3.8) is 0 Å². The summed E-state index contributed by atoms with van der Waals surface area (Å²) < 4.78 is 44.1. The highest BCUT2D eigenvalue weighted by molar-refractivity contribution is 5.90. The van der Waals surface area contributed by atoms with Crippen molar-refractivity contribution in [3.8, 4) is 28.7 Å². The van der Waals surface area contributed by atoms with Crippen molar-refractivity contribution in [2.75, 3.05) is 20.8 Å². The zero-order valence-electron chi connectivity index (χ0n) is 28.8. The molecular formula is C36H40N4O13. The van der Waals surface area contributed by atoms with E-state index in [2.05, 4.69) is 4.98 Å². The van der Waals surface area contributed by atoms with Gasteiger partial charge in [0, 0.05) is 53.3 Å². The van der Waals surface area contributed by atoms with Gasteiger partial charge in [0.05, 0.1) is 38.4 Å². The molecule has 17 heteroatoms. The van der Waals surface area contributed by atoms with Crippen molar-refractivity contribution in [3.05, 3.63) is 65.1 Å². The molecule has 282 valence electrons. The highest BCUT2D eigenvalue weighted by Crippen LogP contribution is 2.58. The number of nitrogens with one attached hydrogen (secondary N) is 1. The second-order valence-electron chi connectivity index (χ2n) is 13.8. The number of benzene rings is 2. The van der Waals surface area contributed by atoms with Gasteiger partial charge in [0.15, 0.2) is 23.2 Å². The van der Waals surface area contributed by atoms with Gasteiger partial charge in [-0.2, -0.15) is 0 Å². The minimum absolute atomic E-state index is 0.132. The minimum Gasteiger partial charge on any atom is -0.493 e. The average molecular weight is 737 g/mol. The number of aliphatic carboxylic acids is 1. The van der Waals surface area contributed by atoms with Crippen LogP contribution in [0.2, 0.25) is 0 Å². The van der Waals surface area contributed by atoms with Crippen LogP contribution in [0.3, 0.4) is 0 Å². The summed E-state index contributed by atoms with van der Waals surface area (Å²) in [5.41, 5.74) is 13.7. The number of H-pyrrole nitrogens is 1. The van der Waals surface area contributed by atoms with E-state index >= 15 is 0 Å². The van der Waals surface area contributed by atoms with Crippen molar-refractivity contribution in [1.82, 2.24) is 9.55 Å². The summed E-state index contributed by atoms with van der Waals surface area (Å²) in [6.07, 6.45) is -5.71. The Morgan fingerprint density at radius 2 is 1.92 bits per heavy atom. The molecular weight excluding hydrogens is 696 g/mol. The number of nitrogens with zero attached hydrogens (tertiary/aromatic N) is 1. The van der Waals surface area contributed by atoms with Crippen LogP contribution < -0.4 is 35.2 Å². The highest BCUT2D eigenvalue weighted by atomic mass is 16.7. The summed E-state index contributed by atoms with van der Waals surface area (Å²) in [5.74, 6) is -0.555. The van der Waals surface area contributed by atoms with Crippen LogP contribution in [0.15, 0.2) is 42.9 Å². The summed E-state index contributed by atoms with van der Waals surface area (Å²) >= 11 is 0. The van der Waals surface area contributed by atoms with Gasteiger partial charge in [-0.25, -0.2) is 0 Å². The van der Waals surface area contributed by atoms with E-state index in [1.165, 1.54) is 0 Å². The smallest absolute Gasteiger partial charge is 0.317 e. The average Bonchev–Trinajstić information content (AvgIpc) is 3.81. The number of carbonyl (C=O) groups excluding carboxylic acids is 1. The Labute approximate surface area is 301 Å². The van der Waals surface area contributed by atoms with Gasteiger partial charge in [0.25, 0.3) is 0 Å². The van der Waals surface area contributed by atoms with Gasteiger partial charge in [0.1, 0.15) is 42.3 Å². The second-order valence-corrected chi connectivity index (χ2v) is 13.8. The quantitative estimate of drug-likeness (QED) is 0.0712. The molecule has 0 radical (unpaired) electrons. The van der Waals surface area contributed by atoms with Crippen LogP contribution >= 0.6 is 0 Å². The van der Waals surface area contributed by atoms with Crippen LogP contribution in [-0.4, -0.2) is 105 Å². The predicted molar refractivity (Wildman–Crippen MR) is 182 cm³/mol.